The van der Waals surface area contributed by atoms with E-state index in [9.17, 15) is 5.26 Å². The summed E-state index contributed by atoms with van der Waals surface area (Å²) in [4.78, 5) is 7.12. The summed E-state index contributed by atoms with van der Waals surface area (Å²) in [5.74, 6) is 0.711. The van der Waals surface area contributed by atoms with E-state index in [2.05, 4.69) is 46.5 Å². The van der Waals surface area contributed by atoms with E-state index in [4.69, 9.17) is 9.72 Å². The van der Waals surface area contributed by atoms with Crippen molar-refractivity contribution < 1.29 is 4.74 Å². The molecule has 3 heterocycles. The lowest BCUT2D eigenvalue weighted by Gasteiger charge is -2.39. The Bertz CT molecular complexity index is 1180. The lowest BCUT2D eigenvalue weighted by molar-refractivity contribution is -0.0615. The molecule has 1 saturated heterocycles. The van der Waals surface area contributed by atoms with E-state index in [-0.39, 0.29) is 6.04 Å². The van der Waals surface area contributed by atoms with Crippen molar-refractivity contribution in [2.24, 2.45) is 0 Å². The van der Waals surface area contributed by atoms with Gasteiger partial charge in [0.2, 0.25) is 0 Å². The Morgan fingerprint density at radius 1 is 1.19 bits per heavy atom. The van der Waals surface area contributed by atoms with Crippen molar-refractivity contribution in [3.63, 3.8) is 0 Å². The van der Waals surface area contributed by atoms with E-state index >= 15 is 0 Å². The van der Waals surface area contributed by atoms with E-state index in [0.717, 1.165) is 59.2 Å². The maximum atomic E-state index is 9.39. The van der Waals surface area contributed by atoms with Gasteiger partial charge in [0.05, 0.1) is 29.1 Å². The van der Waals surface area contributed by atoms with Crippen molar-refractivity contribution in [3.8, 4) is 6.07 Å². The number of aromatic nitrogens is 3. The maximum absolute atomic E-state index is 9.39. The molecule has 2 aromatic heterocycles. The average Bonchev–Trinajstić information content (AvgIpc) is 2.81. The second-order valence-electron chi connectivity index (χ2n) is 8.75. The van der Waals surface area contributed by atoms with Crippen molar-refractivity contribution in [1.29, 1.82) is 5.26 Å². The number of nitrogens with zero attached hydrogens (tertiary/aromatic N) is 5. The number of pyridine rings is 1. The number of benzene rings is 1. The number of piperidine rings is 1. The molecule has 0 spiro atoms. The van der Waals surface area contributed by atoms with Crippen LogP contribution >= 0.6 is 0 Å². The third kappa shape index (κ3) is 3.92. The first kappa shape index (κ1) is 22.1. The van der Waals surface area contributed by atoms with Crippen LogP contribution in [-0.2, 0) is 10.3 Å². The Morgan fingerprint density at radius 2 is 1.94 bits per heavy atom. The van der Waals surface area contributed by atoms with Gasteiger partial charge in [-0.1, -0.05) is 12.1 Å². The molecule has 0 aliphatic carbocycles. The van der Waals surface area contributed by atoms with Gasteiger partial charge in [0.25, 0.3) is 0 Å². The highest BCUT2D eigenvalue weighted by Gasteiger charge is 2.37. The van der Waals surface area contributed by atoms with Crippen LogP contribution < -0.4 is 5.32 Å². The first-order valence-electron chi connectivity index (χ1n) is 11.0. The van der Waals surface area contributed by atoms with E-state index in [1.807, 2.05) is 38.2 Å². The molecule has 1 N–H and O–H groups in total. The monoisotopic (exact) mass is 430 g/mol. The number of nitrogens with one attached hydrogen (secondary N) is 1. The minimum Gasteiger partial charge on any atom is -0.372 e. The predicted octanol–water partition coefficient (Wildman–Crippen LogP) is 4.25. The molecular formula is C25H30N6O. The van der Waals surface area contributed by atoms with Gasteiger partial charge in [-0.25, -0.2) is 0 Å². The van der Waals surface area contributed by atoms with Crippen molar-refractivity contribution in [2.75, 3.05) is 32.6 Å². The van der Waals surface area contributed by atoms with E-state index in [1.165, 1.54) is 0 Å². The third-order valence-corrected chi connectivity index (χ3v) is 6.82. The molecule has 1 aliphatic heterocycles. The number of ether oxygens (including phenoxy) is 1. The highest BCUT2D eigenvalue weighted by atomic mass is 16.5. The molecule has 32 heavy (non-hydrogen) atoms. The van der Waals surface area contributed by atoms with Crippen molar-refractivity contribution in [2.45, 2.75) is 45.3 Å². The number of aryl methyl sites for hydroxylation is 1. The average molecular weight is 431 g/mol. The van der Waals surface area contributed by atoms with Crippen LogP contribution in [0.2, 0.25) is 0 Å². The fourth-order valence-corrected chi connectivity index (χ4v) is 4.60. The fraction of sp³-hybridized carbons (Fsp3) is 0.440. The van der Waals surface area contributed by atoms with Gasteiger partial charge in [-0.05, 0) is 63.9 Å². The molecule has 1 atom stereocenters. The minimum absolute atomic E-state index is 0.0418. The van der Waals surface area contributed by atoms with Gasteiger partial charge in [0.1, 0.15) is 5.60 Å². The molecular weight excluding hydrogens is 400 g/mol. The summed E-state index contributed by atoms with van der Waals surface area (Å²) in [5, 5.41) is 23.7. The number of anilines is 1. The number of hydrogen-bond donors (Lipinski definition) is 1. The molecule has 4 rings (SSSR count). The number of nitriles is 1. The minimum atomic E-state index is -0.390. The van der Waals surface area contributed by atoms with Crippen molar-refractivity contribution in [1.82, 2.24) is 20.1 Å². The van der Waals surface area contributed by atoms with Crippen LogP contribution in [0.3, 0.4) is 0 Å². The van der Waals surface area contributed by atoms with E-state index in [0.29, 0.717) is 11.4 Å². The van der Waals surface area contributed by atoms with Gasteiger partial charge in [-0.15, -0.1) is 5.10 Å². The molecule has 0 saturated carbocycles. The summed E-state index contributed by atoms with van der Waals surface area (Å²) in [6, 6.07) is 10.1. The summed E-state index contributed by atoms with van der Waals surface area (Å²) in [6.45, 7) is 7.95. The molecule has 166 valence electrons. The number of likely N-dealkylation sites (tertiary alicyclic amines) is 1. The fourth-order valence-electron chi connectivity index (χ4n) is 4.60. The Hall–Kier alpha value is -3.08. The smallest absolute Gasteiger partial charge is 0.157 e. The van der Waals surface area contributed by atoms with Gasteiger partial charge in [-0.3, -0.25) is 4.98 Å². The van der Waals surface area contributed by atoms with Crippen LogP contribution in [-0.4, -0.2) is 47.3 Å². The molecule has 1 aliphatic rings. The van der Waals surface area contributed by atoms with Gasteiger partial charge in [0.15, 0.2) is 5.82 Å². The normalized spacial score (nSPS) is 17.1. The van der Waals surface area contributed by atoms with E-state index in [1.54, 1.807) is 7.11 Å². The molecule has 1 aromatic carbocycles. The summed E-state index contributed by atoms with van der Waals surface area (Å²) >= 11 is 0. The first-order valence-corrected chi connectivity index (χ1v) is 11.0. The SMILES string of the molecule is COC1(c2cc3c(N[C@H](C)c4cccc(C#N)c4C)nnc(C)c3cn2)CCN(C)CC1. The van der Waals surface area contributed by atoms with Crippen molar-refractivity contribution in [3.05, 3.63) is 58.5 Å². The second-order valence-corrected chi connectivity index (χ2v) is 8.75. The summed E-state index contributed by atoms with van der Waals surface area (Å²) in [5.41, 5.74) is 4.12. The Kier molecular flexibility index (Phi) is 6.09. The predicted molar refractivity (Wildman–Crippen MR) is 125 cm³/mol. The molecule has 7 heteroatoms. The van der Waals surface area contributed by atoms with Crippen LogP contribution in [0.1, 0.15) is 53.9 Å². The topological polar surface area (TPSA) is 87.0 Å². The molecule has 0 amide bonds. The zero-order valence-corrected chi connectivity index (χ0v) is 19.4. The zero-order valence-electron chi connectivity index (χ0n) is 19.4. The number of hydrogen-bond acceptors (Lipinski definition) is 7. The summed E-state index contributed by atoms with van der Waals surface area (Å²) < 4.78 is 6.05. The quantitative estimate of drug-likeness (QED) is 0.647. The lowest BCUT2D eigenvalue weighted by atomic mass is 9.87. The van der Waals surface area contributed by atoms with Crippen LogP contribution in [0.15, 0.2) is 30.5 Å². The summed E-state index contributed by atoms with van der Waals surface area (Å²) in [6.07, 6.45) is 3.69. The Balaban J connectivity index is 1.75. The highest BCUT2D eigenvalue weighted by molar-refractivity contribution is 5.92. The van der Waals surface area contributed by atoms with Crippen LogP contribution in [0.25, 0.3) is 10.8 Å². The molecule has 3 aromatic rings. The Labute approximate surface area is 189 Å². The standard InChI is InChI=1S/C25H30N6O/c1-16-19(14-26)7-6-8-20(16)17(2)28-24-21-13-23(27-15-22(21)18(3)29-30-24)25(32-5)9-11-31(4)12-10-25/h6-8,13,15,17H,9-12H2,1-5H3,(H,28,30)/t17-/m1/s1. The van der Waals surface area contributed by atoms with Crippen molar-refractivity contribution >= 4 is 16.6 Å². The molecule has 0 radical (unpaired) electrons. The number of fused-ring (bicyclic) bond motifs is 1. The second kappa shape index (κ2) is 8.81. The number of rotatable bonds is 5. The van der Waals surface area contributed by atoms with Gasteiger partial charge >= 0.3 is 0 Å². The van der Waals surface area contributed by atoms with Gasteiger partial charge in [-0.2, -0.15) is 10.4 Å². The van der Waals surface area contributed by atoms with Crippen LogP contribution in [0.4, 0.5) is 5.82 Å². The number of methoxy groups -OCH3 is 1. The molecule has 7 nitrogen and oxygen atoms in total. The maximum Gasteiger partial charge on any atom is 0.157 e. The summed E-state index contributed by atoms with van der Waals surface area (Å²) in [7, 11) is 3.92. The lowest BCUT2D eigenvalue weighted by Crippen LogP contribution is -2.42. The van der Waals surface area contributed by atoms with Gasteiger partial charge < -0.3 is 15.0 Å². The van der Waals surface area contributed by atoms with Crippen LogP contribution in [0.5, 0.6) is 0 Å². The molecule has 1 fully saturated rings. The van der Waals surface area contributed by atoms with E-state index < -0.39 is 5.60 Å². The van der Waals surface area contributed by atoms with Crippen LogP contribution in [0, 0.1) is 25.2 Å². The highest BCUT2D eigenvalue weighted by Crippen LogP contribution is 2.37. The zero-order chi connectivity index (χ0) is 22.9. The third-order valence-electron chi connectivity index (χ3n) is 6.82. The molecule has 0 unspecified atom stereocenters. The Morgan fingerprint density at radius 3 is 2.62 bits per heavy atom. The largest absolute Gasteiger partial charge is 0.372 e. The van der Waals surface area contributed by atoms with Gasteiger partial charge in [0, 0.05) is 37.2 Å². The molecule has 0 bridgehead atoms. The first-order chi connectivity index (χ1) is 15.4.